The number of hydrogen-bond donors (Lipinski definition) is 3. The molecule has 3 N–H and O–H groups in total. The van der Waals surface area contributed by atoms with E-state index >= 15 is 0 Å². The second-order valence-electron chi connectivity index (χ2n) is 6.96. The molecule has 0 bridgehead atoms. The summed E-state index contributed by atoms with van der Waals surface area (Å²) >= 11 is 0. The third-order valence-electron chi connectivity index (χ3n) is 4.35. The van der Waals surface area contributed by atoms with Gasteiger partial charge in [0, 0.05) is 36.2 Å². The van der Waals surface area contributed by atoms with E-state index in [-0.39, 0.29) is 35.6 Å². The molecule has 0 spiro atoms. The Kier molecular flexibility index (Phi) is 6.56. The lowest BCUT2D eigenvalue weighted by molar-refractivity contribution is -0.128. The lowest BCUT2D eigenvalue weighted by atomic mass is 9.81. The van der Waals surface area contributed by atoms with Crippen LogP contribution in [0.4, 0.5) is 11.4 Å². The summed E-state index contributed by atoms with van der Waals surface area (Å²) in [6.07, 6.45) is 2.91. The SMILES string of the molecule is CC(=O)Nc1cccc(NC(=O)C2CCC(C(=O)NC(C)C)CC2)c1. The minimum Gasteiger partial charge on any atom is -0.354 e. The Labute approximate surface area is 148 Å². The van der Waals surface area contributed by atoms with Crippen LogP contribution in [0.2, 0.25) is 0 Å². The van der Waals surface area contributed by atoms with E-state index in [0.717, 1.165) is 12.8 Å². The molecule has 1 saturated carbocycles. The van der Waals surface area contributed by atoms with Gasteiger partial charge in [-0.05, 0) is 57.7 Å². The summed E-state index contributed by atoms with van der Waals surface area (Å²) in [5, 5.41) is 8.55. The monoisotopic (exact) mass is 345 g/mol. The fraction of sp³-hybridized carbons (Fsp3) is 0.526. The van der Waals surface area contributed by atoms with Crippen molar-refractivity contribution >= 4 is 29.1 Å². The number of carbonyl (C=O) groups excluding carboxylic acids is 3. The quantitative estimate of drug-likeness (QED) is 0.767. The maximum atomic E-state index is 12.5. The normalized spacial score (nSPS) is 20.0. The van der Waals surface area contributed by atoms with Gasteiger partial charge >= 0.3 is 0 Å². The first-order valence-electron chi connectivity index (χ1n) is 8.84. The number of anilines is 2. The van der Waals surface area contributed by atoms with Gasteiger partial charge in [0.2, 0.25) is 17.7 Å². The molecule has 136 valence electrons. The van der Waals surface area contributed by atoms with Crippen LogP contribution in [-0.4, -0.2) is 23.8 Å². The Balaban J connectivity index is 1.86. The Hall–Kier alpha value is -2.37. The first kappa shape index (κ1) is 19.0. The fourth-order valence-corrected chi connectivity index (χ4v) is 3.14. The van der Waals surface area contributed by atoms with Gasteiger partial charge in [0.1, 0.15) is 0 Å². The topological polar surface area (TPSA) is 87.3 Å². The molecule has 0 aromatic heterocycles. The van der Waals surface area contributed by atoms with Crippen LogP contribution in [0.15, 0.2) is 24.3 Å². The summed E-state index contributed by atoms with van der Waals surface area (Å²) in [6.45, 7) is 5.34. The van der Waals surface area contributed by atoms with E-state index in [4.69, 9.17) is 0 Å². The van der Waals surface area contributed by atoms with Crippen LogP contribution in [0.1, 0.15) is 46.5 Å². The van der Waals surface area contributed by atoms with Crippen molar-refractivity contribution in [2.75, 3.05) is 10.6 Å². The van der Waals surface area contributed by atoms with E-state index in [1.165, 1.54) is 6.92 Å². The highest BCUT2D eigenvalue weighted by Gasteiger charge is 2.30. The number of carbonyl (C=O) groups is 3. The molecule has 0 heterocycles. The maximum absolute atomic E-state index is 12.5. The van der Waals surface area contributed by atoms with Crippen molar-refractivity contribution in [3.8, 4) is 0 Å². The Morgan fingerprint density at radius 1 is 0.920 bits per heavy atom. The molecule has 6 nitrogen and oxygen atoms in total. The van der Waals surface area contributed by atoms with Gasteiger partial charge in [0.05, 0.1) is 0 Å². The zero-order valence-corrected chi connectivity index (χ0v) is 15.1. The van der Waals surface area contributed by atoms with Crippen molar-refractivity contribution < 1.29 is 14.4 Å². The first-order chi connectivity index (χ1) is 11.8. The van der Waals surface area contributed by atoms with Gasteiger partial charge in [-0.3, -0.25) is 14.4 Å². The van der Waals surface area contributed by atoms with Gasteiger partial charge < -0.3 is 16.0 Å². The van der Waals surface area contributed by atoms with Crippen LogP contribution in [0.3, 0.4) is 0 Å². The van der Waals surface area contributed by atoms with Crippen molar-refractivity contribution in [1.82, 2.24) is 5.32 Å². The molecule has 0 atom stereocenters. The smallest absolute Gasteiger partial charge is 0.227 e. The first-order valence-corrected chi connectivity index (χ1v) is 8.84. The molecule has 0 aliphatic heterocycles. The molecular formula is C19H27N3O3. The molecule has 3 amide bonds. The molecular weight excluding hydrogens is 318 g/mol. The van der Waals surface area contributed by atoms with Crippen LogP contribution < -0.4 is 16.0 Å². The van der Waals surface area contributed by atoms with E-state index in [0.29, 0.717) is 24.2 Å². The van der Waals surface area contributed by atoms with E-state index in [9.17, 15) is 14.4 Å². The second-order valence-corrected chi connectivity index (χ2v) is 6.96. The van der Waals surface area contributed by atoms with Crippen LogP contribution in [0.25, 0.3) is 0 Å². The van der Waals surface area contributed by atoms with Gasteiger partial charge in [0.25, 0.3) is 0 Å². The molecule has 0 saturated heterocycles. The van der Waals surface area contributed by atoms with Crippen molar-refractivity contribution in [2.45, 2.75) is 52.5 Å². The van der Waals surface area contributed by atoms with Crippen LogP contribution in [0, 0.1) is 11.8 Å². The van der Waals surface area contributed by atoms with Crippen LogP contribution in [-0.2, 0) is 14.4 Å². The zero-order valence-electron chi connectivity index (χ0n) is 15.1. The lowest BCUT2D eigenvalue weighted by Crippen LogP contribution is -2.38. The molecule has 25 heavy (non-hydrogen) atoms. The predicted octanol–water partition coefficient (Wildman–Crippen LogP) is 2.91. The van der Waals surface area contributed by atoms with Crippen molar-refractivity contribution in [3.63, 3.8) is 0 Å². The molecule has 1 aromatic rings. The predicted molar refractivity (Wildman–Crippen MR) is 98.1 cm³/mol. The summed E-state index contributed by atoms with van der Waals surface area (Å²) in [4.78, 5) is 35.6. The standard InChI is InChI=1S/C19H27N3O3/c1-12(2)20-18(24)14-7-9-15(10-8-14)19(25)22-17-6-4-5-16(11-17)21-13(3)23/h4-6,11-12,14-15H,7-10H2,1-3H3,(H,20,24)(H,21,23)(H,22,25). The maximum Gasteiger partial charge on any atom is 0.227 e. The van der Waals surface area contributed by atoms with Gasteiger partial charge in [-0.1, -0.05) is 6.07 Å². The van der Waals surface area contributed by atoms with Gasteiger partial charge in [-0.25, -0.2) is 0 Å². The fourth-order valence-electron chi connectivity index (χ4n) is 3.14. The van der Waals surface area contributed by atoms with E-state index in [1.54, 1.807) is 24.3 Å². The molecule has 1 aromatic carbocycles. The van der Waals surface area contributed by atoms with Crippen molar-refractivity contribution in [2.24, 2.45) is 11.8 Å². The van der Waals surface area contributed by atoms with Gasteiger partial charge in [0.15, 0.2) is 0 Å². The molecule has 6 heteroatoms. The number of benzene rings is 1. The molecule has 0 unspecified atom stereocenters. The Bertz CT molecular complexity index is 635. The second kappa shape index (κ2) is 8.65. The molecule has 2 rings (SSSR count). The zero-order chi connectivity index (χ0) is 18.4. The molecule has 0 radical (unpaired) electrons. The average Bonchev–Trinajstić information content (AvgIpc) is 2.54. The summed E-state index contributed by atoms with van der Waals surface area (Å²) < 4.78 is 0. The highest BCUT2D eigenvalue weighted by Crippen LogP contribution is 2.30. The average molecular weight is 345 g/mol. The summed E-state index contributed by atoms with van der Waals surface area (Å²) in [6, 6.07) is 7.24. The Morgan fingerprint density at radius 2 is 1.44 bits per heavy atom. The number of rotatable bonds is 5. The van der Waals surface area contributed by atoms with Gasteiger partial charge in [-0.2, -0.15) is 0 Å². The Morgan fingerprint density at radius 3 is 1.96 bits per heavy atom. The van der Waals surface area contributed by atoms with E-state index in [1.807, 2.05) is 13.8 Å². The highest BCUT2D eigenvalue weighted by molar-refractivity contribution is 5.94. The molecule has 1 fully saturated rings. The lowest BCUT2D eigenvalue weighted by Gasteiger charge is -2.27. The summed E-state index contributed by atoms with van der Waals surface area (Å²) in [5.74, 6) is -0.150. The number of amides is 3. The van der Waals surface area contributed by atoms with E-state index < -0.39 is 0 Å². The van der Waals surface area contributed by atoms with Gasteiger partial charge in [-0.15, -0.1) is 0 Å². The molecule has 1 aliphatic carbocycles. The minimum atomic E-state index is -0.151. The van der Waals surface area contributed by atoms with Crippen molar-refractivity contribution in [3.05, 3.63) is 24.3 Å². The summed E-state index contributed by atoms with van der Waals surface area (Å²) in [5.41, 5.74) is 1.32. The van der Waals surface area contributed by atoms with Crippen LogP contribution in [0.5, 0.6) is 0 Å². The minimum absolute atomic E-state index is 0.00884. The van der Waals surface area contributed by atoms with Crippen LogP contribution >= 0.6 is 0 Å². The number of hydrogen-bond acceptors (Lipinski definition) is 3. The van der Waals surface area contributed by atoms with E-state index in [2.05, 4.69) is 16.0 Å². The largest absolute Gasteiger partial charge is 0.354 e. The van der Waals surface area contributed by atoms with Crippen molar-refractivity contribution in [1.29, 1.82) is 0 Å². The third kappa shape index (κ3) is 5.89. The summed E-state index contributed by atoms with van der Waals surface area (Å²) in [7, 11) is 0. The third-order valence-corrected chi connectivity index (χ3v) is 4.35. The highest BCUT2D eigenvalue weighted by atomic mass is 16.2. The number of nitrogens with one attached hydrogen (secondary N) is 3. The molecule has 1 aliphatic rings.